The number of benzene rings is 1. The quantitative estimate of drug-likeness (QED) is 0.493. The van der Waals surface area contributed by atoms with Crippen molar-refractivity contribution in [3.63, 3.8) is 0 Å². The Morgan fingerprint density at radius 3 is 2.32 bits per heavy atom. The summed E-state index contributed by atoms with van der Waals surface area (Å²) in [6, 6.07) is 10.1. The van der Waals surface area contributed by atoms with E-state index in [1.165, 1.54) is 24.3 Å². The van der Waals surface area contributed by atoms with Crippen molar-refractivity contribution < 1.29 is 32.6 Å². The van der Waals surface area contributed by atoms with Crippen molar-refractivity contribution >= 4 is 23.3 Å². The van der Waals surface area contributed by atoms with Crippen LogP contribution in [0.3, 0.4) is 0 Å². The fraction of sp³-hybridized carbons (Fsp3) is 0.444. The molecule has 7 nitrogen and oxygen atoms in total. The lowest BCUT2D eigenvalue weighted by Gasteiger charge is -2.39. The Balaban J connectivity index is 1.34. The van der Waals surface area contributed by atoms with E-state index < -0.39 is 17.7 Å². The highest BCUT2D eigenvalue weighted by Gasteiger charge is 2.43. The number of hydrogen-bond acceptors (Lipinski definition) is 6. The van der Waals surface area contributed by atoms with Gasteiger partial charge in [-0.2, -0.15) is 13.2 Å². The molecule has 0 radical (unpaired) electrons. The van der Waals surface area contributed by atoms with Crippen LogP contribution in [0.1, 0.15) is 60.1 Å². The number of hydrogen-bond donors (Lipinski definition) is 2. The van der Waals surface area contributed by atoms with Crippen LogP contribution in [0.4, 0.5) is 19.0 Å². The van der Waals surface area contributed by atoms with Gasteiger partial charge in [0.25, 0.3) is 0 Å². The first-order valence-corrected chi connectivity index (χ1v) is 12.4. The number of anilines is 1. The molecule has 0 amide bonds. The third kappa shape index (κ3) is 5.20. The fourth-order valence-electron chi connectivity index (χ4n) is 5.53. The van der Waals surface area contributed by atoms with Crippen molar-refractivity contribution in [3.05, 3.63) is 64.9 Å². The minimum Gasteiger partial charge on any atom is -0.477 e. The number of piperidine rings is 1. The molecule has 3 atom stereocenters. The van der Waals surface area contributed by atoms with Crippen LogP contribution in [-0.2, 0) is 15.7 Å². The molecule has 2 aromatic rings. The highest BCUT2D eigenvalue weighted by Crippen LogP contribution is 2.41. The smallest absolute Gasteiger partial charge is 0.417 e. The molecule has 10 heteroatoms. The van der Waals surface area contributed by atoms with Crippen LogP contribution < -0.4 is 10.6 Å². The van der Waals surface area contributed by atoms with Crippen molar-refractivity contribution in [2.45, 2.75) is 62.9 Å². The number of ketones is 1. The van der Waals surface area contributed by atoms with Crippen LogP contribution in [0.15, 0.2) is 48.0 Å². The number of aromatic carboxylic acids is 1. The molecule has 2 saturated heterocycles. The lowest BCUT2D eigenvalue weighted by Crippen LogP contribution is -2.46. The van der Waals surface area contributed by atoms with Gasteiger partial charge in [0.05, 0.1) is 18.3 Å². The number of carbonyl (C=O) groups is 2. The van der Waals surface area contributed by atoms with Gasteiger partial charge in [0.2, 0.25) is 0 Å². The lowest BCUT2D eigenvalue weighted by molar-refractivity contribution is -0.137. The lowest BCUT2D eigenvalue weighted by atomic mass is 9.96. The van der Waals surface area contributed by atoms with Gasteiger partial charge in [0, 0.05) is 34.8 Å². The number of ether oxygens (including phenoxy) is 1. The van der Waals surface area contributed by atoms with E-state index in [9.17, 15) is 27.9 Å². The van der Waals surface area contributed by atoms with Gasteiger partial charge in [-0.15, -0.1) is 0 Å². The topological polar surface area (TPSA) is 106 Å². The van der Waals surface area contributed by atoms with Crippen molar-refractivity contribution in [2.75, 3.05) is 11.5 Å². The number of pyridine rings is 1. The predicted octanol–water partition coefficient (Wildman–Crippen LogP) is 4.66. The van der Waals surface area contributed by atoms with Gasteiger partial charge in [0.1, 0.15) is 5.82 Å². The molecule has 2 unspecified atom stereocenters. The first-order valence-electron chi connectivity index (χ1n) is 12.4. The average molecular weight is 516 g/mol. The zero-order valence-electron chi connectivity index (χ0n) is 20.1. The number of alkyl halides is 3. The third-order valence-electron chi connectivity index (χ3n) is 7.46. The van der Waals surface area contributed by atoms with E-state index >= 15 is 0 Å². The maximum Gasteiger partial charge on any atom is 0.417 e. The first kappa shape index (κ1) is 25.3. The second-order valence-corrected chi connectivity index (χ2v) is 9.96. The number of carboxylic acids is 1. The monoisotopic (exact) mass is 515 g/mol. The van der Waals surface area contributed by atoms with Crippen LogP contribution in [0, 0.1) is 5.92 Å². The van der Waals surface area contributed by atoms with Crippen LogP contribution in [-0.4, -0.2) is 46.6 Å². The number of carboxylic acid groups (broad SMARTS) is 1. The Morgan fingerprint density at radius 2 is 1.70 bits per heavy atom. The van der Waals surface area contributed by atoms with E-state index in [1.807, 2.05) is 0 Å². The maximum absolute atomic E-state index is 13.6. The minimum atomic E-state index is -4.60. The number of rotatable bonds is 8. The highest BCUT2D eigenvalue weighted by molar-refractivity contribution is 6.05. The molecule has 2 aliphatic heterocycles. The summed E-state index contributed by atoms with van der Waals surface area (Å²) in [5, 5.41) is 9.29. The molecule has 3 heterocycles. The largest absolute Gasteiger partial charge is 0.477 e. The molecule has 196 valence electrons. The molecule has 3 aliphatic rings. The Kier molecular flexibility index (Phi) is 6.70. The number of carbonyl (C=O) groups excluding carboxylic acids is 1. The zero-order chi connectivity index (χ0) is 26.3. The van der Waals surface area contributed by atoms with Crippen molar-refractivity contribution in [1.82, 2.24) is 4.98 Å². The normalized spacial score (nSPS) is 24.1. The molecule has 0 spiro atoms. The Labute approximate surface area is 212 Å². The van der Waals surface area contributed by atoms with Gasteiger partial charge in [-0.25, -0.2) is 9.78 Å². The number of nitrogens with zero attached hydrogens (tertiary/aromatic N) is 2. The number of nitrogens with two attached hydrogens (primary N) is 1. The predicted molar refractivity (Wildman–Crippen MR) is 130 cm³/mol. The van der Waals surface area contributed by atoms with Crippen molar-refractivity contribution in [2.24, 2.45) is 11.7 Å². The van der Waals surface area contributed by atoms with Gasteiger partial charge >= 0.3 is 12.1 Å². The average Bonchev–Trinajstić information content (AvgIpc) is 3.68. The summed E-state index contributed by atoms with van der Waals surface area (Å²) in [5.41, 5.74) is 5.06. The van der Waals surface area contributed by atoms with Crippen molar-refractivity contribution in [1.29, 1.82) is 0 Å². The van der Waals surface area contributed by atoms with E-state index in [4.69, 9.17) is 10.5 Å². The summed E-state index contributed by atoms with van der Waals surface area (Å²) in [7, 11) is 0. The third-order valence-corrected chi connectivity index (χ3v) is 7.46. The van der Waals surface area contributed by atoms with E-state index in [0.29, 0.717) is 31.5 Å². The molecular formula is C27H28F3N3O4. The SMILES string of the molecule is NC(=C(COC1CC2CC[C@@H](C1)N2c1cccc(C(=O)O)n1)C(=O)C1CC1)c1ccccc1C(F)(F)F. The summed E-state index contributed by atoms with van der Waals surface area (Å²) in [6.45, 7) is -0.149. The molecule has 1 saturated carbocycles. The van der Waals surface area contributed by atoms with E-state index in [-0.39, 0.29) is 59.0 Å². The van der Waals surface area contributed by atoms with Crippen LogP contribution in [0.5, 0.6) is 0 Å². The maximum atomic E-state index is 13.6. The van der Waals surface area contributed by atoms with E-state index in [2.05, 4.69) is 9.88 Å². The van der Waals surface area contributed by atoms with Gasteiger partial charge in [-0.1, -0.05) is 24.3 Å². The molecule has 2 bridgehead atoms. The van der Waals surface area contributed by atoms with Crippen LogP contribution in [0.2, 0.25) is 0 Å². The second kappa shape index (κ2) is 9.81. The van der Waals surface area contributed by atoms with Gasteiger partial charge in [-0.3, -0.25) is 4.79 Å². The molecule has 5 rings (SSSR count). The van der Waals surface area contributed by atoms with Gasteiger partial charge < -0.3 is 20.5 Å². The van der Waals surface area contributed by atoms with Crippen molar-refractivity contribution in [3.8, 4) is 0 Å². The summed E-state index contributed by atoms with van der Waals surface area (Å²) in [5.74, 6) is -0.939. The zero-order valence-corrected chi connectivity index (χ0v) is 20.1. The second-order valence-electron chi connectivity index (χ2n) is 9.96. The summed E-state index contributed by atoms with van der Waals surface area (Å²) < 4.78 is 47.0. The van der Waals surface area contributed by atoms with Gasteiger partial charge in [0.15, 0.2) is 11.5 Å². The first-order chi connectivity index (χ1) is 17.6. The number of Topliss-reactive ketones (excluding diaryl/α,β-unsaturated/α-hetero) is 1. The highest BCUT2D eigenvalue weighted by atomic mass is 19.4. The summed E-state index contributed by atoms with van der Waals surface area (Å²) in [4.78, 5) is 30.8. The molecule has 37 heavy (non-hydrogen) atoms. The number of fused-ring (bicyclic) bond motifs is 2. The summed E-state index contributed by atoms with van der Waals surface area (Å²) >= 11 is 0. The molecule has 1 aromatic carbocycles. The fourth-order valence-corrected chi connectivity index (χ4v) is 5.53. The number of aromatic nitrogens is 1. The molecule has 3 fully saturated rings. The van der Waals surface area contributed by atoms with Crippen LogP contribution >= 0.6 is 0 Å². The van der Waals surface area contributed by atoms with Crippen LogP contribution in [0.25, 0.3) is 5.70 Å². The molecule has 3 N–H and O–H groups in total. The minimum absolute atomic E-state index is 0.0155. The molecule has 1 aliphatic carbocycles. The Bertz CT molecular complexity index is 1230. The Morgan fingerprint density at radius 1 is 1.03 bits per heavy atom. The van der Waals surface area contributed by atoms with E-state index in [1.54, 1.807) is 12.1 Å². The summed E-state index contributed by atoms with van der Waals surface area (Å²) in [6.07, 6.45) is -0.345. The molecular weight excluding hydrogens is 487 g/mol. The van der Waals surface area contributed by atoms with Gasteiger partial charge in [-0.05, 0) is 56.7 Å². The Hall–Kier alpha value is -3.40. The number of halogens is 3. The van der Waals surface area contributed by atoms with E-state index in [0.717, 1.165) is 18.9 Å². The standard InChI is InChI=1S/C27H28F3N3O4/c28-27(29,30)21-5-2-1-4-19(21)24(31)20(25(34)15-8-9-15)14-37-18-12-16-10-11-17(13-18)33(16)23-7-3-6-22(32-23)26(35)36/h1-7,15-18H,8-14,31H2,(H,35,36)/t16-,17?,18?/m0/s1. The molecule has 1 aromatic heterocycles.